The Bertz CT molecular complexity index is 1170. The smallest absolute Gasteiger partial charge is 0.475 e. The molecule has 0 heterocycles. The molecule has 2 aromatic rings. The molecule has 0 bridgehead atoms. The number of hydrogen-bond donors (Lipinski definition) is 6. The molecular formula is C24H28F6N6O6. The zero-order chi connectivity index (χ0) is 32.3. The van der Waals surface area contributed by atoms with E-state index in [1.807, 2.05) is 48.5 Å². The molecule has 0 fully saturated rings. The van der Waals surface area contributed by atoms with Gasteiger partial charge in [-0.25, -0.2) is 31.3 Å². The molecule has 1 atom stereocenters. The van der Waals surface area contributed by atoms with Gasteiger partial charge in [0.1, 0.15) is 12.7 Å². The van der Waals surface area contributed by atoms with Crippen LogP contribution in [-0.4, -0.2) is 60.3 Å². The van der Waals surface area contributed by atoms with Crippen LogP contribution in [0.5, 0.6) is 0 Å². The maximum atomic E-state index is 11.9. The third kappa shape index (κ3) is 16.4. The highest BCUT2D eigenvalue weighted by atomic mass is 19.4. The van der Waals surface area contributed by atoms with Gasteiger partial charge in [-0.3, -0.25) is 4.79 Å². The predicted molar refractivity (Wildman–Crippen MR) is 139 cm³/mol. The Balaban J connectivity index is 0.000000990. The highest BCUT2D eigenvalue weighted by molar-refractivity contribution is 5.73. The van der Waals surface area contributed by atoms with Gasteiger partial charge in [0.05, 0.1) is 24.9 Å². The number of nitrogens with zero attached hydrogens (tertiary/aromatic N) is 2. The molecule has 0 spiro atoms. The summed E-state index contributed by atoms with van der Waals surface area (Å²) in [5, 5.41) is 14.2. The van der Waals surface area contributed by atoms with E-state index in [2.05, 4.69) is 20.8 Å². The van der Waals surface area contributed by atoms with Gasteiger partial charge in [0.25, 0.3) is 0 Å². The zero-order valence-corrected chi connectivity index (χ0v) is 21.8. The van der Waals surface area contributed by atoms with Crippen LogP contribution in [0, 0.1) is 0 Å². The number of rotatable bonds is 10. The molecule has 0 aliphatic rings. The Labute approximate surface area is 235 Å². The molecule has 232 valence electrons. The van der Waals surface area contributed by atoms with Gasteiger partial charge in [0, 0.05) is 0 Å². The van der Waals surface area contributed by atoms with Crippen molar-refractivity contribution in [3.05, 3.63) is 59.7 Å². The van der Waals surface area contributed by atoms with Crippen LogP contribution in [0.3, 0.4) is 0 Å². The van der Waals surface area contributed by atoms with E-state index in [1.165, 1.54) is 19.8 Å². The number of esters is 1. The Hall–Kier alpha value is -4.71. The van der Waals surface area contributed by atoms with Crippen molar-refractivity contribution in [3.8, 4) is 0 Å². The number of methoxy groups -OCH3 is 1. The van der Waals surface area contributed by atoms with Gasteiger partial charge in [0.2, 0.25) is 0 Å². The fraction of sp³-hybridized carbons (Fsp3) is 0.292. The van der Waals surface area contributed by atoms with Crippen LogP contribution in [0.1, 0.15) is 29.9 Å². The standard InChI is InChI=1S/C20H26N6O2.2C2HF3O2/c1-28-20(27)12-17(16-3-2-4-19(11-16)24-14-26-22)8-5-15-6-9-18(10-7-15)23-13-25-21;2*3-2(4,5)1(6)7/h2-4,6-7,9-11,13-14,17H,5,8,12,21-22H2,1H3,(H,23,25)(H,24,26);2*(H,6,7). The van der Waals surface area contributed by atoms with Crippen molar-refractivity contribution in [3.63, 3.8) is 0 Å². The third-order valence-corrected chi connectivity index (χ3v) is 4.76. The SMILES string of the molecule is COC(=O)CC(CCc1ccc(N=CNN)cc1)c1cccc(N=CNN)c1.O=C(O)C(F)(F)F.O=C(O)C(F)(F)F. The van der Waals surface area contributed by atoms with E-state index < -0.39 is 24.3 Å². The van der Waals surface area contributed by atoms with Crippen molar-refractivity contribution < 1.29 is 55.7 Å². The van der Waals surface area contributed by atoms with Gasteiger partial charge in [-0.05, 0) is 54.2 Å². The van der Waals surface area contributed by atoms with E-state index in [4.69, 9.17) is 36.2 Å². The fourth-order valence-electron chi connectivity index (χ4n) is 2.84. The molecule has 0 radical (unpaired) electrons. The minimum absolute atomic E-state index is 0.0209. The molecule has 42 heavy (non-hydrogen) atoms. The monoisotopic (exact) mass is 610 g/mol. The first-order chi connectivity index (χ1) is 19.5. The summed E-state index contributed by atoms with van der Waals surface area (Å²) in [5.41, 5.74) is 8.53. The first-order valence-electron chi connectivity index (χ1n) is 11.4. The minimum atomic E-state index is -5.08. The average Bonchev–Trinajstić information content (AvgIpc) is 2.93. The molecule has 18 heteroatoms. The van der Waals surface area contributed by atoms with Crippen LogP contribution >= 0.6 is 0 Å². The summed E-state index contributed by atoms with van der Waals surface area (Å²) >= 11 is 0. The number of hydrogen-bond acceptors (Lipinski definition) is 8. The van der Waals surface area contributed by atoms with Gasteiger partial charge < -0.3 is 25.8 Å². The van der Waals surface area contributed by atoms with Crippen molar-refractivity contribution in [2.45, 2.75) is 37.5 Å². The van der Waals surface area contributed by atoms with Crippen molar-refractivity contribution in [2.75, 3.05) is 7.11 Å². The van der Waals surface area contributed by atoms with Crippen LogP contribution in [0.4, 0.5) is 37.7 Å². The quantitative estimate of drug-likeness (QED) is 0.0578. The zero-order valence-electron chi connectivity index (χ0n) is 21.8. The van der Waals surface area contributed by atoms with Crippen molar-refractivity contribution in [2.24, 2.45) is 21.7 Å². The molecule has 0 saturated carbocycles. The van der Waals surface area contributed by atoms with Crippen LogP contribution in [-0.2, 0) is 25.5 Å². The highest BCUT2D eigenvalue weighted by Gasteiger charge is 2.38. The number of ether oxygens (including phenoxy) is 1. The summed E-state index contributed by atoms with van der Waals surface area (Å²) in [6.07, 6.45) is -5.40. The van der Waals surface area contributed by atoms with E-state index in [9.17, 15) is 31.1 Å². The number of carboxylic acid groups (broad SMARTS) is 2. The summed E-state index contributed by atoms with van der Waals surface area (Å²) < 4.78 is 68.3. The second-order valence-corrected chi connectivity index (χ2v) is 7.73. The average molecular weight is 611 g/mol. The molecule has 0 saturated heterocycles. The Morgan fingerprint density at radius 3 is 1.79 bits per heavy atom. The number of nitrogens with two attached hydrogens (primary N) is 2. The molecule has 8 N–H and O–H groups in total. The molecule has 0 aliphatic carbocycles. The number of aliphatic carboxylic acids is 2. The maximum absolute atomic E-state index is 11.9. The molecule has 0 aliphatic heterocycles. The topological polar surface area (TPSA) is 202 Å². The molecule has 0 aromatic heterocycles. The van der Waals surface area contributed by atoms with Crippen LogP contribution < -0.4 is 22.5 Å². The van der Waals surface area contributed by atoms with E-state index in [0.29, 0.717) is 6.42 Å². The predicted octanol–water partition coefficient (Wildman–Crippen LogP) is 3.48. The number of aliphatic imine (C=N–C) groups is 2. The van der Waals surface area contributed by atoms with Gasteiger partial charge >= 0.3 is 30.3 Å². The number of carboxylic acids is 2. The molecule has 1 unspecified atom stereocenters. The molecule has 2 rings (SSSR count). The van der Waals surface area contributed by atoms with Crippen molar-refractivity contribution in [1.29, 1.82) is 0 Å². The van der Waals surface area contributed by atoms with Gasteiger partial charge in [0.15, 0.2) is 0 Å². The molecule has 0 amide bonds. The van der Waals surface area contributed by atoms with E-state index >= 15 is 0 Å². The van der Waals surface area contributed by atoms with E-state index in [0.717, 1.165) is 35.3 Å². The first-order valence-corrected chi connectivity index (χ1v) is 11.4. The summed E-state index contributed by atoms with van der Waals surface area (Å²) in [4.78, 5) is 38.0. The lowest BCUT2D eigenvalue weighted by Gasteiger charge is -2.17. The largest absolute Gasteiger partial charge is 0.490 e. The van der Waals surface area contributed by atoms with Crippen LogP contribution in [0.15, 0.2) is 58.5 Å². The lowest BCUT2D eigenvalue weighted by Crippen LogP contribution is -2.21. The van der Waals surface area contributed by atoms with Gasteiger partial charge in [-0.1, -0.05) is 24.3 Å². The molecule has 2 aromatic carbocycles. The number of aryl methyl sites for hydroxylation is 1. The van der Waals surface area contributed by atoms with Crippen molar-refractivity contribution >= 4 is 42.0 Å². The Morgan fingerprint density at radius 1 is 0.881 bits per heavy atom. The Kier molecular flexibility index (Phi) is 16.5. The summed E-state index contributed by atoms with van der Waals surface area (Å²) in [5.74, 6) is 4.68. The lowest BCUT2D eigenvalue weighted by atomic mass is 9.89. The summed E-state index contributed by atoms with van der Waals surface area (Å²) in [7, 11) is 1.41. The second kappa shape index (κ2) is 18.6. The number of benzene rings is 2. The van der Waals surface area contributed by atoms with Crippen molar-refractivity contribution in [1.82, 2.24) is 10.9 Å². The van der Waals surface area contributed by atoms with Crippen LogP contribution in [0.2, 0.25) is 0 Å². The number of hydrazine groups is 2. The highest BCUT2D eigenvalue weighted by Crippen LogP contribution is 2.29. The number of carbonyl (C=O) groups excluding carboxylic acids is 1. The Morgan fingerprint density at radius 2 is 1.36 bits per heavy atom. The fourth-order valence-corrected chi connectivity index (χ4v) is 2.84. The second-order valence-electron chi connectivity index (χ2n) is 7.73. The molecule has 12 nitrogen and oxygen atoms in total. The lowest BCUT2D eigenvalue weighted by molar-refractivity contribution is -0.193. The maximum Gasteiger partial charge on any atom is 0.490 e. The normalized spacial score (nSPS) is 11.9. The van der Waals surface area contributed by atoms with E-state index in [-0.39, 0.29) is 11.9 Å². The number of alkyl halides is 6. The van der Waals surface area contributed by atoms with Gasteiger partial charge in [-0.2, -0.15) is 26.3 Å². The summed E-state index contributed by atoms with van der Waals surface area (Å²) in [6, 6.07) is 15.6. The first kappa shape index (κ1) is 37.3. The summed E-state index contributed by atoms with van der Waals surface area (Å²) in [6.45, 7) is 0. The number of carbonyl (C=O) groups is 3. The van der Waals surface area contributed by atoms with Crippen LogP contribution in [0.25, 0.3) is 0 Å². The van der Waals surface area contributed by atoms with Gasteiger partial charge in [-0.15, -0.1) is 0 Å². The number of nitrogens with one attached hydrogen (secondary N) is 2. The van der Waals surface area contributed by atoms with E-state index in [1.54, 1.807) is 0 Å². The minimum Gasteiger partial charge on any atom is -0.475 e. The molecular weight excluding hydrogens is 582 g/mol. The third-order valence-electron chi connectivity index (χ3n) is 4.76. The number of halogens is 6.